The summed E-state index contributed by atoms with van der Waals surface area (Å²) in [6, 6.07) is 26.0. The summed E-state index contributed by atoms with van der Waals surface area (Å²) in [5.41, 5.74) is 10.2. The zero-order valence-corrected chi connectivity index (χ0v) is 41.1. The van der Waals surface area contributed by atoms with E-state index in [4.69, 9.17) is 19.4 Å². The van der Waals surface area contributed by atoms with Crippen molar-refractivity contribution in [3.05, 3.63) is 115 Å². The molecule has 3 aromatic heterocycles. The second kappa shape index (κ2) is 20.2. The second-order valence-corrected chi connectivity index (χ2v) is 19.9. The summed E-state index contributed by atoms with van der Waals surface area (Å²) in [6.45, 7) is 15.5. The lowest BCUT2D eigenvalue weighted by molar-refractivity contribution is -0.136. The summed E-state index contributed by atoms with van der Waals surface area (Å²) in [7, 11) is 2.59. The zero-order chi connectivity index (χ0) is 49.1. The van der Waals surface area contributed by atoms with E-state index in [1.54, 1.807) is 0 Å². The minimum Gasteiger partial charge on any atom is -0.453 e. The number of likely N-dealkylation sites (tertiary alicyclic amines) is 2. The van der Waals surface area contributed by atoms with Gasteiger partial charge in [-0.05, 0) is 89.0 Å². The molecule has 5 heterocycles. The van der Waals surface area contributed by atoms with Crippen LogP contribution in [0.3, 0.4) is 0 Å². The Hall–Kier alpha value is -7.16. The normalized spacial score (nSPS) is 17.0. The van der Waals surface area contributed by atoms with Gasteiger partial charge in [0, 0.05) is 30.5 Å². The highest BCUT2D eigenvalue weighted by Crippen LogP contribution is 2.39. The lowest BCUT2D eigenvalue weighted by Crippen LogP contribution is -2.51. The van der Waals surface area contributed by atoms with Crippen LogP contribution in [0.1, 0.15) is 103 Å². The third-order valence-corrected chi connectivity index (χ3v) is 13.6. The number of carbonyl (C=O) groups is 4. The van der Waals surface area contributed by atoms with E-state index in [1.807, 2.05) is 49.9 Å². The van der Waals surface area contributed by atoms with Gasteiger partial charge in [-0.2, -0.15) is 0 Å². The van der Waals surface area contributed by atoms with Gasteiger partial charge in [-0.3, -0.25) is 9.59 Å². The number of nitrogens with zero attached hydrogens (tertiary/aromatic N) is 5. The number of alkyl carbamates (subject to hydrolysis) is 2. The number of benzene rings is 3. The molecule has 3 aromatic carbocycles. The number of nitrogens with one attached hydrogen (secondary N) is 4. The number of carbonyl (C=O) groups excluding carboxylic acids is 4. The average molecular weight is 936 g/mol. The van der Waals surface area contributed by atoms with Gasteiger partial charge in [-0.1, -0.05) is 109 Å². The Balaban J connectivity index is 1.04. The Kier molecular flexibility index (Phi) is 14.1. The first kappa shape index (κ1) is 48.3. The first-order valence-electron chi connectivity index (χ1n) is 24.0. The number of hydrogen-bond acceptors (Lipinski definition) is 8. The monoisotopic (exact) mass is 936 g/mol. The summed E-state index contributed by atoms with van der Waals surface area (Å²) < 4.78 is 11.8. The van der Waals surface area contributed by atoms with Crippen molar-refractivity contribution >= 4 is 24.0 Å². The molecule has 15 nitrogen and oxygen atoms in total. The second-order valence-electron chi connectivity index (χ2n) is 19.9. The molecular formula is C54H65N9O6. The molecule has 4 amide bonds. The fraction of sp³-hybridized carbons (Fsp3) is 0.407. The molecule has 2 saturated heterocycles. The number of hydrogen-bond donors (Lipinski definition) is 4. The molecule has 2 aliphatic rings. The third kappa shape index (κ3) is 10.2. The van der Waals surface area contributed by atoms with Crippen LogP contribution in [0.15, 0.2) is 97.5 Å². The lowest BCUT2D eigenvalue weighted by atomic mass is 9.86. The van der Waals surface area contributed by atoms with Crippen molar-refractivity contribution in [2.24, 2.45) is 11.8 Å². The molecule has 0 bridgehead atoms. The van der Waals surface area contributed by atoms with Crippen LogP contribution in [0.25, 0.3) is 50.6 Å². The van der Waals surface area contributed by atoms with E-state index < -0.39 is 24.3 Å². The van der Waals surface area contributed by atoms with Gasteiger partial charge in [0.15, 0.2) is 0 Å². The van der Waals surface area contributed by atoms with Gasteiger partial charge in [-0.15, -0.1) is 0 Å². The number of rotatable bonds is 13. The van der Waals surface area contributed by atoms with Crippen LogP contribution in [0, 0.1) is 11.8 Å². The molecule has 0 radical (unpaired) electrons. The van der Waals surface area contributed by atoms with Crippen LogP contribution >= 0.6 is 0 Å². The summed E-state index contributed by atoms with van der Waals surface area (Å²) in [6.07, 6.45) is 7.72. The minimum absolute atomic E-state index is 0.00166. The maximum Gasteiger partial charge on any atom is 0.407 e. The van der Waals surface area contributed by atoms with Crippen LogP contribution in [0.4, 0.5) is 9.59 Å². The van der Waals surface area contributed by atoms with Crippen molar-refractivity contribution in [1.82, 2.24) is 44.9 Å². The molecule has 2 fully saturated rings. The molecule has 6 aromatic rings. The Bertz CT molecular complexity index is 2600. The van der Waals surface area contributed by atoms with Gasteiger partial charge in [0.1, 0.15) is 23.7 Å². The van der Waals surface area contributed by atoms with Gasteiger partial charge in [0.05, 0.1) is 55.8 Å². The van der Waals surface area contributed by atoms with Crippen LogP contribution in [-0.4, -0.2) is 97.7 Å². The average Bonchev–Trinajstić information content (AvgIpc) is 4.21. The van der Waals surface area contributed by atoms with Crippen molar-refractivity contribution in [2.75, 3.05) is 27.3 Å². The summed E-state index contributed by atoms with van der Waals surface area (Å²) in [5.74, 6) is 0.907. The Morgan fingerprint density at radius 2 is 1.06 bits per heavy atom. The highest BCUT2D eigenvalue weighted by atomic mass is 16.5. The smallest absolute Gasteiger partial charge is 0.407 e. The minimum atomic E-state index is -0.705. The van der Waals surface area contributed by atoms with Crippen molar-refractivity contribution < 1.29 is 28.7 Å². The number of imidazole rings is 2. The number of methoxy groups -OCH3 is 2. The van der Waals surface area contributed by atoms with Gasteiger partial charge >= 0.3 is 12.2 Å². The largest absolute Gasteiger partial charge is 0.453 e. The summed E-state index contributed by atoms with van der Waals surface area (Å²) in [5, 5.41) is 5.44. The van der Waals surface area contributed by atoms with E-state index in [1.165, 1.54) is 19.8 Å². The molecule has 0 spiro atoms. The number of H-pyrrole nitrogens is 2. The van der Waals surface area contributed by atoms with Gasteiger partial charge in [0.25, 0.3) is 0 Å². The molecule has 4 atom stereocenters. The summed E-state index contributed by atoms with van der Waals surface area (Å²) >= 11 is 0. The Labute approximate surface area is 404 Å². The maximum atomic E-state index is 13.7. The zero-order valence-electron chi connectivity index (χ0n) is 41.1. The van der Waals surface area contributed by atoms with E-state index in [0.29, 0.717) is 18.9 Å². The van der Waals surface area contributed by atoms with Gasteiger partial charge < -0.3 is 44.4 Å². The fourth-order valence-electron chi connectivity index (χ4n) is 9.63. The molecule has 4 unspecified atom stereocenters. The Morgan fingerprint density at radius 3 is 1.49 bits per heavy atom. The molecule has 362 valence electrons. The topological polar surface area (TPSA) is 180 Å². The molecule has 8 rings (SSSR count). The number of ether oxygens (including phenoxy) is 2. The molecule has 0 aliphatic carbocycles. The van der Waals surface area contributed by atoms with Gasteiger partial charge in [0.2, 0.25) is 11.8 Å². The third-order valence-electron chi connectivity index (χ3n) is 13.6. The van der Waals surface area contributed by atoms with Crippen molar-refractivity contribution in [3.63, 3.8) is 0 Å². The van der Waals surface area contributed by atoms with E-state index >= 15 is 0 Å². The highest BCUT2D eigenvalue weighted by Gasteiger charge is 2.39. The van der Waals surface area contributed by atoms with Crippen LogP contribution in [0.5, 0.6) is 0 Å². The van der Waals surface area contributed by atoms with Gasteiger partial charge in [-0.25, -0.2) is 19.6 Å². The maximum absolute atomic E-state index is 13.7. The molecule has 0 saturated carbocycles. The molecule has 4 N–H and O–H groups in total. The van der Waals surface area contributed by atoms with E-state index in [2.05, 4.69) is 131 Å². The molecular weight excluding hydrogens is 871 g/mol. The quantitative estimate of drug-likeness (QED) is 0.0884. The van der Waals surface area contributed by atoms with Crippen LogP contribution in [0.2, 0.25) is 0 Å². The van der Waals surface area contributed by atoms with Crippen LogP contribution < -0.4 is 10.6 Å². The van der Waals surface area contributed by atoms with E-state index in [0.717, 1.165) is 82.1 Å². The van der Waals surface area contributed by atoms with E-state index in [-0.39, 0.29) is 41.1 Å². The predicted molar refractivity (Wildman–Crippen MR) is 266 cm³/mol. The number of aromatic nitrogens is 5. The van der Waals surface area contributed by atoms with Crippen molar-refractivity contribution in [2.45, 2.75) is 104 Å². The predicted octanol–water partition coefficient (Wildman–Crippen LogP) is 9.98. The lowest BCUT2D eigenvalue weighted by Gasteiger charge is -2.30. The van der Waals surface area contributed by atoms with Crippen molar-refractivity contribution in [3.8, 4) is 50.6 Å². The van der Waals surface area contributed by atoms with E-state index in [9.17, 15) is 19.2 Å². The molecule has 15 heteroatoms. The SMILES string of the molecule is COC(=O)NC(C(=O)N1CCCC1c1ncc(-c2ccc(-c3ccn(-c4ccc(-c5cnc(C6CCCN6C(=O)C(NC(=O)OC)C(C)C)[nH]5)cc4)c3-c3ccc(C(C)(C)C)cc3)cc2)[nH]1)C(C)C. The molecule has 2 aliphatic heterocycles. The number of aromatic amines is 2. The van der Waals surface area contributed by atoms with Crippen molar-refractivity contribution in [1.29, 1.82) is 0 Å². The molecule has 69 heavy (non-hydrogen) atoms. The fourth-order valence-corrected chi connectivity index (χ4v) is 9.63. The standard InChI is InChI=1S/C54H65N9O6/c1-32(2)45(59-52(66)68-8)50(64)62-27-10-12-43(62)48-55-30-41(57-48)35-16-14-34(15-17-35)40-26-29-61(47(40)37-18-22-38(23-19-37)54(5,6)7)39-24-20-36(21-25-39)42-31-56-49(58-42)44-13-11-28-63(44)51(65)46(33(3)4)60-53(67)69-9/h14-26,29-33,43-46H,10-13,27-28H2,1-9H3,(H,55,57)(H,56,58)(H,59,66)(H,60,67). The Morgan fingerprint density at radius 1 is 0.623 bits per heavy atom. The summed E-state index contributed by atoms with van der Waals surface area (Å²) in [4.78, 5) is 71.8. The first-order valence-corrected chi connectivity index (χ1v) is 24.0. The first-order chi connectivity index (χ1) is 33.1. The highest BCUT2D eigenvalue weighted by molar-refractivity contribution is 5.88. The van der Waals surface area contributed by atoms with Crippen LogP contribution in [-0.2, 0) is 24.5 Å². The number of amides is 4.